The van der Waals surface area contributed by atoms with Crippen LogP contribution in [0.1, 0.15) is 25.3 Å². The molecule has 0 radical (unpaired) electrons. The molecule has 0 aromatic heterocycles. The molecule has 1 aromatic carbocycles. The topological polar surface area (TPSA) is 35.5 Å². The van der Waals surface area contributed by atoms with Gasteiger partial charge in [-0.15, -0.1) is 0 Å². The average molecular weight is 248 g/mol. The minimum Gasteiger partial charge on any atom is -0.508 e. The molecular weight excluding hydrogens is 224 g/mol. The van der Waals surface area contributed by atoms with Crippen LogP contribution in [0.4, 0.5) is 0 Å². The van der Waals surface area contributed by atoms with Crippen LogP contribution in [0, 0.1) is 5.41 Å². The van der Waals surface area contributed by atoms with Gasteiger partial charge in [0.15, 0.2) is 0 Å². The maximum atomic E-state index is 9.23. The van der Waals surface area contributed by atoms with Crippen molar-refractivity contribution in [1.82, 2.24) is 10.2 Å². The molecule has 1 aliphatic rings. The number of phenolic OH excluding ortho intramolecular Hbond substituents is 1. The zero-order valence-electron chi connectivity index (χ0n) is 11.4. The van der Waals surface area contributed by atoms with Gasteiger partial charge in [0.25, 0.3) is 0 Å². The van der Waals surface area contributed by atoms with Crippen LogP contribution >= 0.6 is 0 Å². The van der Waals surface area contributed by atoms with Crippen LogP contribution < -0.4 is 5.32 Å². The summed E-state index contributed by atoms with van der Waals surface area (Å²) in [7, 11) is 2.20. The summed E-state index contributed by atoms with van der Waals surface area (Å²) in [5, 5.41) is 12.8. The first-order chi connectivity index (χ1) is 8.57. The monoisotopic (exact) mass is 248 g/mol. The van der Waals surface area contributed by atoms with Gasteiger partial charge in [0.1, 0.15) is 5.75 Å². The van der Waals surface area contributed by atoms with Gasteiger partial charge in [0.2, 0.25) is 0 Å². The van der Waals surface area contributed by atoms with E-state index < -0.39 is 0 Å². The molecule has 3 nitrogen and oxygen atoms in total. The Morgan fingerprint density at radius 3 is 2.44 bits per heavy atom. The first-order valence-electron chi connectivity index (χ1n) is 6.75. The van der Waals surface area contributed by atoms with Gasteiger partial charge in [-0.25, -0.2) is 0 Å². The molecule has 0 spiro atoms. The molecule has 18 heavy (non-hydrogen) atoms. The van der Waals surface area contributed by atoms with E-state index >= 15 is 0 Å². The number of likely N-dealkylation sites (tertiary alicyclic amines) is 1. The highest BCUT2D eigenvalue weighted by Gasteiger charge is 2.28. The van der Waals surface area contributed by atoms with Gasteiger partial charge in [-0.1, -0.05) is 19.1 Å². The van der Waals surface area contributed by atoms with Crippen molar-refractivity contribution in [1.29, 1.82) is 0 Å². The first kappa shape index (κ1) is 13.4. The lowest BCUT2D eigenvalue weighted by molar-refractivity contribution is 0.137. The Kier molecular flexibility index (Phi) is 4.25. The Morgan fingerprint density at radius 2 is 1.83 bits per heavy atom. The minimum absolute atomic E-state index is 0.334. The van der Waals surface area contributed by atoms with Crippen molar-refractivity contribution < 1.29 is 5.11 Å². The lowest BCUT2D eigenvalue weighted by Gasteiger charge is -2.38. The van der Waals surface area contributed by atoms with Crippen molar-refractivity contribution in [2.75, 3.05) is 26.7 Å². The van der Waals surface area contributed by atoms with Crippen LogP contribution in [0.15, 0.2) is 24.3 Å². The number of rotatable bonds is 4. The van der Waals surface area contributed by atoms with Crippen molar-refractivity contribution in [2.24, 2.45) is 5.41 Å². The van der Waals surface area contributed by atoms with Crippen LogP contribution in [-0.2, 0) is 6.54 Å². The van der Waals surface area contributed by atoms with Crippen molar-refractivity contribution in [2.45, 2.75) is 26.3 Å². The van der Waals surface area contributed by atoms with E-state index in [4.69, 9.17) is 0 Å². The third kappa shape index (κ3) is 3.72. The fraction of sp³-hybridized carbons (Fsp3) is 0.600. The lowest BCUT2D eigenvalue weighted by atomic mass is 9.80. The van der Waals surface area contributed by atoms with E-state index in [0.29, 0.717) is 11.2 Å². The Hall–Kier alpha value is -1.06. The van der Waals surface area contributed by atoms with Crippen molar-refractivity contribution in [3.8, 4) is 5.75 Å². The van der Waals surface area contributed by atoms with E-state index in [0.717, 1.165) is 13.1 Å². The van der Waals surface area contributed by atoms with E-state index in [9.17, 15) is 5.11 Å². The third-order valence-electron chi connectivity index (χ3n) is 4.01. The molecule has 1 aromatic rings. The van der Waals surface area contributed by atoms with E-state index in [1.807, 2.05) is 12.1 Å². The van der Waals surface area contributed by atoms with Crippen molar-refractivity contribution >= 4 is 0 Å². The maximum absolute atomic E-state index is 9.23. The summed E-state index contributed by atoms with van der Waals surface area (Å²) in [6.07, 6.45) is 2.54. The van der Waals surface area contributed by atoms with Gasteiger partial charge in [-0.2, -0.15) is 0 Å². The van der Waals surface area contributed by atoms with E-state index in [1.54, 1.807) is 12.1 Å². The molecule has 0 saturated carbocycles. The summed E-state index contributed by atoms with van der Waals surface area (Å²) in [5.41, 5.74) is 1.66. The number of piperidine rings is 1. The number of nitrogens with zero attached hydrogens (tertiary/aromatic N) is 1. The Balaban J connectivity index is 1.76. The quantitative estimate of drug-likeness (QED) is 0.857. The zero-order chi connectivity index (χ0) is 13.0. The summed E-state index contributed by atoms with van der Waals surface area (Å²) in [5.74, 6) is 0.334. The number of benzene rings is 1. The molecule has 0 unspecified atom stereocenters. The van der Waals surface area contributed by atoms with Crippen LogP contribution in [0.2, 0.25) is 0 Å². The molecular formula is C15H24N2O. The second kappa shape index (κ2) is 5.72. The highest BCUT2D eigenvalue weighted by molar-refractivity contribution is 5.25. The second-order valence-electron chi connectivity index (χ2n) is 5.88. The zero-order valence-corrected chi connectivity index (χ0v) is 11.4. The molecule has 2 N–H and O–H groups in total. The summed E-state index contributed by atoms with van der Waals surface area (Å²) in [6, 6.07) is 7.43. The molecule has 0 aliphatic carbocycles. The predicted octanol–water partition coefficient (Wildman–Crippen LogP) is 2.21. The molecule has 100 valence electrons. The van der Waals surface area contributed by atoms with Crippen molar-refractivity contribution in [3.63, 3.8) is 0 Å². The maximum Gasteiger partial charge on any atom is 0.115 e. The minimum atomic E-state index is 0.334. The first-order valence-corrected chi connectivity index (χ1v) is 6.75. The number of phenols is 1. The molecule has 1 heterocycles. The SMILES string of the molecule is CN1CCC(C)(CNCc2ccc(O)cc2)CC1. The predicted molar refractivity (Wildman–Crippen MR) is 74.7 cm³/mol. The molecule has 1 saturated heterocycles. The third-order valence-corrected chi connectivity index (χ3v) is 4.01. The Bertz CT molecular complexity index is 367. The molecule has 0 atom stereocenters. The standard InChI is InChI=1S/C15H24N2O/c1-15(7-9-17(2)10-8-15)12-16-11-13-3-5-14(18)6-4-13/h3-6,16,18H,7-12H2,1-2H3. The average Bonchev–Trinajstić information content (AvgIpc) is 2.36. The van der Waals surface area contributed by atoms with E-state index in [1.165, 1.54) is 31.5 Å². The van der Waals surface area contributed by atoms with E-state index in [-0.39, 0.29) is 0 Å². The molecule has 2 rings (SSSR count). The van der Waals surface area contributed by atoms with Gasteiger partial charge >= 0.3 is 0 Å². The summed E-state index contributed by atoms with van der Waals surface area (Å²) >= 11 is 0. The van der Waals surface area contributed by atoms with Crippen LogP contribution in [-0.4, -0.2) is 36.7 Å². The fourth-order valence-electron chi connectivity index (χ4n) is 2.46. The van der Waals surface area contributed by atoms with Gasteiger partial charge in [0, 0.05) is 13.1 Å². The molecule has 1 aliphatic heterocycles. The lowest BCUT2D eigenvalue weighted by Crippen LogP contribution is -2.41. The number of aromatic hydroxyl groups is 1. The molecule has 0 amide bonds. The largest absolute Gasteiger partial charge is 0.508 e. The van der Waals surface area contributed by atoms with Gasteiger partial charge in [-0.05, 0) is 56.1 Å². The highest BCUT2D eigenvalue weighted by Crippen LogP contribution is 2.29. The number of hydrogen-bond acceptors (Lipinski definition) is 3. The van der Waals surface area contributed by atoms with Gasteiger partial charge < -0.3 is 15.3 Å². The smallest absolute Gasteiger partial charge is 0.115 e. The Labute approximate surface area is 110 Å². The van der Waals surface area contributed by atoms with Crippen molar-refractivity contribution in [3.05, 3.63) is 29.8 Å². The number of hydrogen-bond donors (Lipinski definition) is 2. The second-order valence-corrected chi connectivity index (χ2v) is 5.88. The summed E-state index contributed by atoms with van der Waals surface area (Å²) in [6.45, 7) is 6.74. The highest BCUT2D eigenvalue weighted by atomic mass is 16.3. The Morgan fingerprint density at radius 1 is 1.22 bits per heavy atom. The summed E-state index contributed by atoms with van der Waals surface area (Å²) in [4.78, 5) is 2.40. The normalized spacial score (nSPS) is 19.9. The molecule has 0 bridgehead atoms. The molecule has 3 heteroatoms. The summed E-state index contributed by atoms with van der Waals surface area (Å²) < 4.78 is 0. The van der Waals surface area contributed by atoms with Crippen LogP contribution in [0.3, 0.4) is 0 Å². The van der Waals surface area contributed by atoms with Gasteiger partial charge in [-0.3, -0.25) is 0 Å². The van der Waals surface area contributed by atoms with Gasteiger partial charge in [0.05, 0.1) is 0 Å². The number of nitrogens with one attached hydrogen (secondary N) is 1. The van der Waals surface area contributed by atoms with E-state index in [2.05, 4.69) is 24.2 Å². The van der Waals surface area contributed by atoms with Crippen LogP contribution in [0.5, 0.6) is 5.75 Å². The fourth-order valence-corrected chi connectivity index (χ4v) is 2.46. The van der Waals surface area contributed by atoms with Crippen LogP contribution in [0.25, 0.3) is 0 Å². The molecule has 1 fully saturated rings.